The van der Waals surface area contributed by atoms with Gasteiger partial charge in [-0.1, -0.05) is 6.92 Å². The fourth-order valence-electron chi connectivity index (χ4n) is 1.58. The number of nitrogens with zero attached hydrogens (tertiary/aromatic N) is 1. The standard InChI is InChI=1S/C8H15NO2/c1-6(8(10)11)7-3-4-9(2)5-7/h6-7H,3-5H2,1-2H3,(H,10,11). The summed E-state index contributed by atoms with van der Waals surface area (Å²) in [4.78, 5) is 12.8. The summed E-state index contributed by atoms with van der Waals surface area (Å²) in [5.74, 6) is -0.484. The van der Waals surface area contributed by atoms with Crippen molar-refractivity contribution >= 4 is 5.97 Å². The van der Waals surface area contributed by atoms with Crippen LogP contribution in [0.25, 0.3) is 0 Å². The molecule has 1 aliphatic rings. The maximum atomic E-state index is 10.6. The second kappa shape index (κ2) is 3.22. The topological polar surface area (TPSA) is 40.5 Å². The Balaban J connectivity index is 2.43. The van der Waals surface area contributed by atoms with Crippen LogP contribution < -0.4 is 0 Å². The van der Waals surface area contributed by atoms with Crippen molar-refractivity contribution < 1.29 is 9.90 Å². The van der Waals surface area contributed by atoms with Crippen LogP contribution in [0.3, 0.4) is 0 Å². The van der Waals surface area contributed by atoms with Crippen LogP contribution in [0.15, 0.2) is 0 Å². The molecular formula is C8H15NO2. The maximum Gasteiger partial charge on any atom is 0.306 e. The third-order valence-corrected chi connectivity index (χ3v) is 2.52. The van der Waals surface area contributed by atoms with Crippen molar-refractivity contribution in [2.45, 2.75) is 13.3 Å². The lowest BCUT2D eigenvalue weighted by atomic mass is 9.94. The molecule has 2 atom stereocenters. The highest BCUT2D eigenvalue weighted by atomic mass is 16.4. The van der Waals surface area contributed by atoms with Crippen LogP contribution in [-0.2, 0) is 4.79 Å². The first-order chi connectivity index (χ1) is 5.11. The molecule has 0 aromatic heterocycles. The lowest BCUT2D eigenvalue weighted by Gasteiger charge is -2.13. The number of carboxylic acid groups (broad SMARTS) is 1. The molecule has 1 heterocycles. The molecule has 0 spiro atoms. The van der Waals surface area contributed by atoms with Gasteiger partial charge in [-0.2, -0.15) is 0 Å². The van der Waals surface area contributed by atoms with Gasteiger partial charge in [-0.15, -0.1) is 0 Å². The molecule has 0 bridgehead atoms. The molecule has 0 saturated carbocycles. The van der Waals surface area contributed by atoms with E-state index in [1.54, 1.807) is 6.92 Å². The molecule has 0 aromatic carbocycles. The number of aliphatic carboxylic acids is 1. The Morgan fingerprint density at radius 2 is 2.36 bits per heavy atom. The van der Waals surface area contributed by atoms with Crippen LogP contribution in [-0.4, -0.2) is 36.1 Å². The zero-order valence-electron chi connectivity index (χ0n) is 7.08. The minimum atomic E-state index is -0.662. The van der Waals surface area contributed by atoms with Gasteiger partial charge in [0.05, 0.1) is 5.92 Å². The monoisotopic (exact) mass is 157 g/mol. The van der Waals surface area contributed by atoms with Crippen molar-refractivity contribution in [3.05, 3.63) is 0 Å². The van der Waals surface area contributed by atoms with E-state index in [0.29, 0.717) is 5.92 Å². The SMILES string of the molecule is CC(C(=O)O)C1CCN(C)C1. The summed E-state index contributed by atoms with van der Waals surface area (Å²) in [5.41, 5.74) is 0. The van der Waals surface area contributed by atoms with Gasteiger partial charge in [0.2, 0.25) is 0 Å². The van der Waals surface area contributed by atoms with Crippen LogP contribution in [0.5, 0.6) is 0 Å². The lowest BCUT2D eigenvalue weighted by molar-refractivity contribution is -0.142. The molecule has 0 aromatic rings. The second-order valence-corrected chi connectivity index (χ2v) is 3.44. The Morgan fingerprint density at radius 3 is 2.73 bits per heavy atom. The Hall–Kier alpha value is -0.570. The Morgan fingerprint density at radius 1 is 1.73 bits per heavy atom. The van der Waals surface area contributed by atoms with E-state index in [2.05, 4.69) is 4.90 Å². The molecule has 0 aliphatic carbocycles. The summed E-state index contributed by atoms with van der Waals surface area (Å²) in [6.07, 6.45) is 1.03. The van der Waals surface area contributed by atoms with Crippen LogP contribution in [0.1, 0.15) is 13.3 Å². The van der Waals surface area contributed by atoms with E-state index in [9.17, 15) is 4.79 Å². The maximum absolute atomic E-state index is 10.6. The number of hydrogen-bond donors (Lipinski definition) is 1. The first-order valence-electron chi connectivity index (χ1n) is 4.02. The average molecular weight is 157 g/mol. The minimum Gasteiger partial charge on any atom is -0.481 e. The molecule has 1 rings (SSSR count). The number of hydrogen-bond acceptors (Lipinski definition) is 2. The summed E-state index contributed by atoms with van der Waals surface area (Å²) in [6, 6.07) is 0. The third kappa shape index (κ3) is 1.93. The molecule has 3 nitrogen and oxygen atoms in total. The van der Waals surface area contributed by atoms with E-state index in [1.165, 1.54) is 0 Å². The smallest absolute Gasteiger partial charge is 0.306 e. The van der Waals surface area contributed by atoms with E-state index in [-0.39, 0.29) is 5.92 Å². The van der Waals surface area contributed by atoms with E-state index in [4.69, 9.17) is 5.11 Å². The summed E-state index contributed by atoms with van der Waals surface area (Å²) in [5, 5.41) is 8.71. The number of carbonyl (C=O) groups is 1. The normalized spacial score (nSPS) is 28.7. The van der Waals surface area contributed by atoms with Crippen LogP contribution in [0, 0.1) is 11.8 Å². The lowest BCUT2D eigenvalue weighted by Crippen LogP contribution is -2.23. The zero-order valence-corrected chi connectivity index (χ0v) is 7.08. The van der Waals surface area contributed by atoms with E-state index in [0.717, 1.165) is 19.5 Å². The third-order valence-electron chi connectivity index (χ3n) is 2.52. The van der Waals surface area contributed by atoms with Crippen molar-refractivity contribution in [1.82, 2.24) is 4.90 Å². The Labute approximate surface area is 67.0 Å². The van der Waals surface area contributed by atoms with Crippen molar-refractivity contribution in [2.75, 3.05) is 20.1 Å². The van der Waals surface area contributed by atoms with Gasteiger partial charge in [-0.05, 0) is 25.9 Å². The summed E-state index contributed by atoms with van der Waals surface area (Å²) in [6.45, 7) is 3.78. The van der Waals surface area contributed by atoms with Crippen LogP contribution in [0.2, 0.25) is 0 Å². The van der Waals surface area contributed by atoms with Gasteiger partial charge in [0, 0.05) is 6.54 Å². The Kier molecular flexibility index (Phi) is 2.49. The highest BCUT2D eigenvalue weighted by molar-refractivity contribution is 5.69. The summed E-state index contributed by atoms with van der Waals surface area (Å²) >= 11 is 0. The number of carboxylic acids is 1. The van der Waals surface area contributed by atoms with Gasteiger partial charge >= 0.3 is 5.97 Å². The predicted molar refractivity (Wildman–Crippen MR) is 42.4 cm³/mol. The summed E-state index contributed by atoms with van der Waals surface area (Å²) in [7, 11) is 2.04. The molecule has 2 unspecified atom stereocenters. The van der Waals surface area contributed by atoms with Crippen LogP contribution in [0.4, 0.5) is 0 Å². The molecule has 3 heteroatoms. The largest absolute Gasteiger partial charge is 0.481 e. The first-order valence-corrected chi connectivity index (χ1v) is 4.02. The average Bonchev–Trinajstić information content (AvgIpc) is 2.34. The predicted octanol–water partition coefficient (Wildman–Crippen LogP) is 0.659. The first kappa shape index (κ1) is 8.53. The van der Waals surface area contributed by atoms with Crippen molar-refractivity contribution in [2.24, 2.45) is 11.8 Å². The quantitative estimate of drug-likeness (QED) is 0.640. The highest BCUT2D eigenvalue weighted by Gasteiger charge is 2.28. The fraction of sp³-hybridized carbons (Fsp3) is 0.875. The van der Waals surface area contributed by atoms with Crippen molar-refractivity contribution in [3.8, 4) is 0 Å². The molecular weight excluding hydrogens is 142 g/mol. The minimum absolute atomic E-state index is 0.181. The summed E-state index contributed by atoms with van der Waals surface area (Å²) < 4.78 is 0. The van der Waals surface area contributed by atoms with Gasteiger partial charge in [0.25, 0.3) is 0 Å². The van der Waals surface area contributed by atoms with Gasteiger partial charge in [-0.25, -0.2) is 0 Å². The molecule has 1 fully saturated rings. The van der Waals surface area contributed by atoms with Crippen LogP contribution >= 0.6 is 0 Å². The van der Waals surface area contributed by atoms with Crippen molar-refractivity contribution in [1.29, 1.82) is 0 Å². The molecule has 1 N–H and O–H groups in total. The van der Waals surface area contributed by atoms with Gasteiger partial charge in [-0.3, -0.25) is 4.79 Å². The second-order valence-electron chi connectivity index (χ2n) is 3.44. The fourth-order valence-corrected chi connectivity index (χ4v) is 1.58. The number of rotatable bonds is 2. The van der Waals surface area contributed by atoms with Gasteiger partial charge in [0.15, 0.2) is 0 Å². The molecule has 0 radical (unpaired) electrons. The molecule has 11 heavy (non-hydrogen) atoms. The molecule has 1 saturated heterocycles. The van der Waals surface area contributed by atoms with Gasteiger partial charge < -0.3 is 10.0 Å². The molecule has 1 aliphatic heterocycles. The zero-order chi connectivity index (χ0) is 8.43. The van der Waals surface area contributed by atoms with E-state index < -0.39 is 5.97 Å². The molecule has 64 valence electrons. The van der Waals surface area contributed by atoms with E-state index >= 15 is 0 Å². The Bertz CT molecular complexity index is 158. The highest BCUT2D eigenvalue weighted by Crippen LogP contribution is 2.22. The van der Waals surface area contributed by atoms with E-state index in [1.807, 2.05) is 7.05 Å². The molecule has 0 amide bonds. The van der Waals surface area contributed by atoms with Crippen molar-refractivity contribution in [3.63, 3.8) is 0 Å². The van der Waals surface area contributed by atoms with Gasteiger partial charge in [0.1, 0.15) is 0 Å². The number of likely N-dealkylation sites (tertiary alicyclic amines) is 1.